The first-order valence-electron chi connectivity index (χ1n) is 9.86. The van der Waals surface area contributed by atoms with Gasteiger partial charge in [0.25, 0.3) is 5.91 Å². The second-order valence-corrected chi connectivity index (χ2v) is 7.99. The van der Waals surface area contributed by atoms with Crippen LogP contribution in [-0.4, -0.2) is 53.3 Å². The standard InChI is InChI=1S/C21H23ClFN5O3/c1-11(2)31-21(30)13-4-6-25-17(8-13)28-7-5-16(15(23)10-28)27-20(29)19-14(9-24)18(22)12(3)26-19/h4,6,8,11,15-16,26H,5,7,10H2,1-3H3,(H,27,29)/t15-,16+/m0/s1. The lowest BCUT2D eigenvalue weighted by atomic mass is 10.0. The van der Waals surface area contributed by atoms with E-state index in [1.807, 2.05) is 6.07 Å². The van der Waals surface area contributed by atoms with Crippen LogP contribution in [0.15, 0.2) is 18.3 Å². The minimum absolute atomic E-state index is 0.00372. The molecule has 1 saturated heterocycles. The highest BCUT2D eigenvalue weighted by molar-refractivity contribution is 6.33. The summed E-state index contributed by atoms with van der Waals surface area (Å²) in [6, 6.07) is 4.28. The number of pyridine rings is 1. The molecule has 3 heterocycles. The number of aryl methyl sites for hydroxylation is 1. The van der Waals surface area contributed by atoms with Crippen molar-refractivity contribution in [2.45, 2.75) is 45.5 Å². The number of H-pyrrole nitrogens is 1. The zero-order valence-corrected chi connectivity index (χ0v) is 18.2. The van der Waals surface area contributed by atoms with Crippen molar-refractivity contribution in [2.75, 3.05) is 18.0 Å². The number of rotatable bonds is 5. The predicted octanol–water partition coefficient (Wildman–Crippen LogP) is 3.16. The van der Waals surface area contributed by atoms with Crippen LogP contribution in [0.2, 0.25) is 5.02 Å². The number of aromatic nitrogens is 2. The molecule has 31 heavy (non-hydrogen) atoms. The Bertz CT molecular complexity index is 1030. The van der Waals surface area contributed by atoms with Gasteiger partial charge in [-0.05, 0) is 39.3 Å². The van der Waals surface area contributed by atoms with Crippen LogP contribution in [0, 0.1) is 18.3 Å². The van der Waals surface area contributed by atoms with Gasteiger partial charge in [0.2, 0.25) is 0 Å². The average molecular weight is 448 g/mol. The quantitative estimate of drug-likeness (QED) is 0.681. The number of ether oxygens (including phenoxy) is 1. The highest BCUT2D eigenvalue weighted by atomic mass is 35.5. The normalized spacial score (nSPS) is 18.5. The number of esters is 1. The van der Waals surface area contributed by atoms with Gasteiger partial charge in [0.1, 0.15) is 29.3 Å². The van der Waals surface area contributed by atoms with Crippen LogP contribution in [0.4, 0.5) is 10.2 Å². The van der Waals surface area contributed by atoms with E-state index in [1.54, 1.807) is 37.8 Å². The fourth-order valence-electron chi connectivity index (χ4n) is 3.39. The van der Waals surface area contributed by atoms with Crippen molar-refractivity contribution in [3.8, 4) is 6.07 Å². The van der Waals surface area contributed by atoms with Gasteiger partial charge in [0.15, 0.2) is 0 Å². The van der Waals surface area contributed by atoms with Gasteiger partial charge in [-0.3, -0.25) is 4.79 Å². The lowest BCUT2D eigenvalue weighted by Gasteiger charge is -2.35. The maximum Gasteiger partial charge on any atom is 0.338 e. The molecule has 2 aromatic rings. The third-order valence-corrected chi connectivity index (χ3v) is 5.43. The number of halogens is 2. The molecule has 0 unspecified atom stereocenters. The zero-order valence-electron chi connectivity index (χ0n) is 17.4. The van der Waals surface area contributed by atoms with Gasteiger partial charge in [0, 0.05) is 18.4 Å². The molecular weight excluding hydrogens is 425 g/mol. The minimum atomic E-state index is -1.37. The molecule has 10 heteroatoms. The molecule has 1 aliphatic heterocycles. The summed E-state index contributed by atoms with van der Waals surface area (Å²) in [5.74, 6) is -0.584. The Morgan fingerprint density at radius 1 is 1.48 bits per heavy atom. The fourth-order valence-corrected chi connectivity index (χ4v) is 3.58. The van der Waals surface area contributed by atoms with E-state index in [-0.39, 0.29) is 28.9 Å². The summed E-state index contributed by atoms with van der Waals surface area (Å²) in [5.41, 5.74) is 0.904. The zero-order chi connectivity index (χ0) is 22.7. The molecular formula is C21H23ClFN5O3. The first-order chi connectivity index (χ1) is 14.7. The van der Waals surface area contributed by atoms with Gasteiger partial charge in [-0.25, -0.2) is 14.2 Å². The monoisotopic (exact) mass is 447 g/mol. The number of hydrogen-bond acceptors (Lipinski definition) is 6. The lowest BCUT2D eigenvalue weighted by Crippen LogP contribution is -2.52. The molecule has 2 atom stereocenters. The number of amides is 1. The Balaban J connectivity index is 1.66. The Labute approximate surface area is 184 Å². The second kappa shape index (κ2) is 9.35. The molecule has 8 nitrogen and oxygen atoms in total. The second-order valence-electron chi connectivity index (χ2n) is 7.61. The van der Waals surface area contributed by atoms with Crippen molar-refractivity contribution in [3.05, 3.63) is 45.9 Å². The summed E-state index contributed by atoms with van der Waals surface area (Å²) < 4.78 is 20.1. The minimum Gasteiger partial charge on any atom is -0.459 e. The largest absolute Gasteiger partial charge is 0.459 e. The Kier molecular flexibility index (Phi) is 6.81. The number of nitrogens with zero attached hydrogens (tertiary/aromatic N) is 3. The maximum absolute atomic E-state index is 14.9. The molecule has 0 aromatic carbocycles. The van der Waals surface area contributed by atoms with E-state index in [2.05, 4.69) is 15.3 Å². The van der Waals surface area contributed by atoms with Gasteiger partial charge in [-0.15, -0.1) is 0 Å². The lowest BCUT2D eigenvalue weighted by molar-refractivity contribution is 0.0377. The SMILES string of the molecule is Cc1[nH]c(C(=O)N[C@@H]2CCN(c3cc(C(=O)OC(C)C)ccn3)C[C@@H]2F)c(C#N)c1Cl. The number of nitrogens with one attached hydrogen (secondary N) is 2. The molecule has 164 valence electrons. The van der Waals surface area contributed by atoms with Gasteiger partial charge >= 0.3 is 5.97 Å². The van der Waals surface area contributed by atoms with E-state index in [0.717, 1.165) is 0 Å². The molecule has 0 aliphatic carbocycles. The van der Waals surface area contributed by atoms with E-state index >= 15 is 0 Å². The van der Waals surface area contributed by atoms with E-state index in [0.29, 0.717) is 30.0 Å². The molecule has 0 saturated carbocycles. The van der Waals surface area contributed by atoms with Crippen LogP contribution in [0.25, 0.3) is 0 Å². The molecule has 0 radical (unpaired) electrons. The molecule has 1 fully saturated rings. The molecule has 1 aliphatic rings. The van der Waals surface area contributed by atoms with E-state index in [4.69, 9.17) is 16.3 Å². The Morgan fingerprint density at radius 2 is 2.23 bits per heavy atom. The van der Waals surface area contributed by atoms with Crippen LogP contribution < -0.4 is 10.2 Å². The average Bonchev–Trinajstić information content (AvgIpc) is 3.03. The van der Waals surface area contributed by atoms with Gasteiger partial charge in [0.05, 0.1) is 29.3 Å². The Hall–Kier alpha value is -3.12. The van der Waals surface area contributed by atoms with Crippen molar-refractivity contribution < 1.29 is 18.7 Å². The first-order valence-corrected chi connectivity index (χ1v) is 10.2. The molecule has 0 bridgehead atoms. The summed E-state index contributed by atoms with van der Waals surface area (Å²) in [6.45, 7) is 5.59. The number of aromatic amines is 1. The fraction of sp³-hybridized carbons (Fsp3) is 0.429. The highest BCUT2D eigenvalue weighted by Crippen LogP contribution is 2.25. The van der Waals surface area contributed by atoms with Crippen molar-refractivity contribution in [2.24, 2.45) is 0 Å². The number of carbonyl (C=O) groups excluding carboxylic acids is 2. The van der Waals surface area contributed by atoms with Gasteiger partial charge in [-0.2, -0.15) is 5.26 Å². The van der Waals surface area contributed by atoms with Gasteiger partial charge in [-0.1, -0.05) is 11.6 Å². The topological polar surface area (TPSA) is 111 Å². The summed E-state index contributed by atoms with van der Waals surface area (Å²) in [5, 5.41) is 12.1. The van der Waals surface area contributed by atoms with E-state index < -0.39 is 24.1 Å². The third-order valence-electron chi connectivity index (χ3n) is 4.96. The number of anilines is 1. The van der Waals surface area contributed by atoms with Crippen LogP contribution in [0.5, 0.6) is 0 Å². The number of piperidine rings is 1. The first kappa shape index (κ1) is 22.6. The maximum atomic E-state index is 14.9. The van der Waals surface area contributed by atoms with Crippen LogP contribution in [-0.2, 0) is 4.74 Å². The van der Waals surface area contributed by atoms with Crippen molar-refractivity contribution >= 4 is 29.3 Å². The molecule has 3 rings (SSSR count). The highest BCUT2D eigenvalue weighted by Gasteiger charge is 2.32. The molecule has 1 amide bonds. The summed E-state index contributed by atoms with van der Waals surface area (Å²) in [4.78, 5) is 33.4. The van der Waals surface area contributed by atoms with Crippen molar-refractivity contribution in [1.82, 2.24) is 15.3 Å². The number of carbonyl (C=O) groups is 2. The van der Waals surface area contributed by atoms with Crippen molar-refractivity contribution in [1.29, 1.82) is 5.26 Å². The summed E-state index contributed by atoms with van der Waals surface area (Å²) in [7, 11) is 0. The van der Waals surface area contributed by atoms with Crippen LogP contribution in [0.1, 0.15) is 52.4 Å². The molecule has 2 N–H and O–H groups in total. The van der Waals surface area contributed by atoms with E-state index in [9.17, 15) is 19.2 Å². The Morgan fingerprint density at radius 3 is 2.87 bits per heavy atom. The predicted molar refractivity (Wildman–Crippen MR) is 113 cm³/mol. The van der Waals surface area contributed by atoms with E-state index in [1.165, 1.54) is 6.20 Å². The number of hydrogen-bond donors (Lipinski definition) is 2. The van der Waals surface area contributed by atoms with Crippen molar-refractivity contribution in [3.63, 3.8) is 0 Å². The van der Waals surface area contributed by atoms with Gasteiger partial charge < -0.3 is 19.9 Å². The smallest absolute Gasteiger partial charge is 0.338 e. The summed E-state index contributed by atoms with van der Waals surface area (Å²) in [6.07, 6.45) is 0.181. The number of nitriles is 1. The third kappa shape index (κ3) is 4.97. The van der Waals surface area contributed by atoms with Crippen LogP contribution in [0.3, 0.4) is 0 Å². The molecule has 2 aromatic heterocycles. The molecule has 0 spiro atoms. The summed E-state index contributed by atoms with van der Waals surface area (Å²) >= 11 is 6.02. The number of alkyl halides is 1. The van der Waals surface area contributed by atoms with Crippen LogP contribution >= 0.6 is 11.6 Å².